The number of halogens is 1. The summed E-state index contributed by atoms with van der Waals surface area (Å²) in [5, 5.41) is 3.49. The number of rotatable bonds is 4. The Labute approximate surface area is 145 Å². The van der Waals surface area contributed by atoms with Gasteiger partial charge in [0, 0.05) is 29.0 Å². The Balaban J connectivity index is 2.28. The van der Waals surface area contributed by atoms with E-state index in [1.165, 1.54) is 0 Å². The van der Waals surface area contributed by atoms with Crippen LogP contribution < -0.4 is 19.5 Å². The molecule has 0 saturated heterocycles. The molecule has 1 aliphatic heterocycles. The molecule has 0 saturated carbocycles. The Morgan fingerprint density at radius 1 is 1.08 bits per heavy atom. The predicted molar refractivity (Wildman–Crippen MR) is 92.6 cm³/mol. The molecule has 6 heteroatoms. The predicted octanol–water partition coefficient (Wildman–Crippen LogP) is 3.84. The molecular weight excluding hydrogens is 330 g/mol. The van der Waals surface area contributed by atoms with Gasteiger partial charge in [0.15, 0.2) is 11.5 Å². The second kappa shape index (κ2) is 6.61. The summed E-state index contributed by atoms with van der Waals surface area (Å²) < 4.78 is 16.4. The average Bonchev–Trinajstić information content (AvgIpc) is 2.59. The van der Waals surface area contributed by atoms with E-state index >= 15 is 0 Å². The molecule has 3 rings (SSSR count). The van der Waals surface area contributed by atoms with E-state index in [2.05, 4.69) is 5.32 Å². The van der Waals surface area contributed by atoms with Crippen molar-refractivity contribution >= 4 is 23.2 Å². The molecule has 0 aliphatic carbocycles. The highest BCUT2D eigenvalue weighted by molar-refractivity contribution is 6.31. The van der Waals surface area contributed by atoms with E-state index in [0.29, 0.717) is 28.0 Å². The van der Waals surface area contributed by atoms with Crippen LogP contribution in [0, 0.1) is 0 Å². The lowest BCUT2D eigenvalue weighted by Crippen LogP contribution is -2.24. The summed E-state index contributed by atoms with van der Waals surface area (Å²) in [6, 6.07) is 9.25. The van der Waals surface area contributed by atoms with Crippen molar-refractivity contribution in [2.24, 2.45) is 0 Å². The van der Waals surface area contributed by atoms with E-state index in [9.17, 15) is 4.79 Å². The van der Waals surface area contributed by atoms with Crippen LogP contribution in [-0.2, 0) is 4.79 Å². The lowest BCUT2D eigenvalue weighted by atomic mass is 9.83. The molecule has 0 spiro atoms. The first-order chi connectivity index (χ1) is 11.6. The number of methoxy groups -OCH3 is 3. The maximum absolute atomic E-state index is 12.2. The fourth-order valence-electron chi connectivity index (χ4n) is 3.14. The molecule has 1 amide bonds. The van der Waals surface area contributed by atoms with Crippen molar-refractivity contribution in [2.75, 3.05) is 26.6 Å². The second-order valence-electron chi connectivity index (χ2n) is 5.43. The molecule has 1 aliphatic rings. The molecule has 2 aromatic rings. The van der Waals surface area contributed by atoms with E-state index in [-0.39, 0.29) is 18.2 Å². The van der Waals surface area contributed by atoms with Gasteiger partial charge in [-0.3, -0.25) is 4.79 Å². The first-order valence-corrected chi connectivity index (χ1v) is 7.85. The molecule has 24 heavy (non-hydrogen) atoms. The molecule has 1 heterocycles. The summed E-state index contributed by atoms with van der Waals surface area (Å²) in [7, 11) is 4.66. The summed E-state index contributed by atoms with van der Waals surface area (Å²) in [6.07, 6.45) is 0.280. The minimum absolute atomic E-state index is 0.0818. The van der Waals surface area contributed by atoms with E-state index in [0.717, 1.165) is 11.1 Å². The highest BCUT2D eigenvalue weighted by Gasteiger charge is 2.34. The molecule has 0 fully saturated rings. The molecule has 0 aromatic heterocycles. The molecule has 1 N–H and O–H groups in total. The average molecular weight is 348 g/mol. The van der Waals surface area contributed by atoms with Crippen LogP contribution in [0.2, 0.25) is 5.02 Å². The highest BCUT2D eigenvalue weighted by atomic mass is 35.5. The molecule has 0 unspecified atom stereocenters. The molecule has 2 aromatic carbocycles. The first-order valence-electron chi connectivity index (χ1n) is 7.47. The van der Waals surface area contributed by atoms with E-state index < -0.39 is 0 Å². The van der Waals surface area contributed by atoms with Crippen molar-refractivity contribution in [3.05, 3.63) is 46.5 Å². The third kappa shape index (κ3) is 2.65. The highest BCUT2D eigenvalue weighted by Crippen LogP contribution is 2.51. The molecular formula is C18H18ClNO4. The van der Waals surface area contributed by atoms with Gasteiger partial charge in [0.1, 0.15) is 0 Å². The quantitative estimate of drug-likeness (QED) is 0.913. The van der Waals surface area contributed by atoms with Crippen LogP contribution in [0.3, 0.4) is 0 Å². The topological polar surface area (TPSA) is 56.8 Å². The van der Waals surface area contributed by atoms with Crippen molar-refractivity contribution < 1.29 is 19.0 Å². The van der Waals surface area contributed by atoms with Crippen LogP contribution in [0.15, 0.2) is 30.3 Å². The third-order valence-electron chi connectivity index (χ3n) is 4.16. The number of carbonyl (C=O) groups is 1. The van der Waals surface area contributed by atoms with Crippen LogP contribution in [0.1, 0.15) is 23.5 Å². The van der Waals surface area contributed by atoms with Crippen LogP contribution in [0.4, 0.5) is 5.69 Å². The largest absolute Gasteiger partial charge is 0.493 e. The van der Waals surface area contributed by atoms with Crippen molar-refractivity contribution in [1.82, 2.24) is 0 Å². The molecule has 1 atom stereocenters. The normalized spacial score (nSPS) is 16.2. The Hall–Kier alpha value is -2.40. The fraction of sp³-hybridized carbons (Fsp3) is 0.278. The smallest absolute Gasteiger partial charge is 0.225 e. The van der Waals surface area contributed by atoms with Gasteiger partial charge in [-0.1, -0.05) is 29.8 Å². The van der Waals surface area contributed by atoms with Gasteiger partial charge in [0.25, 0.3) is 0 Å². The SMILES string of the molecule is COc1cc2c(c(OC)c1OC)[C@H](c1ccccc1Cl)CC(=O)N2. The van der Waals surface area contributed by atoms with Crippen LogP contribution in [0.5, 0.6) is 17.2 Å². The number of nitrogens with one attached hydrogen (secondary N) is 1. The molecule has 0 radical (unpaired) electrons. The van der Waals surface area contributed by atoms with Gasteiger partial charge in [0.2, 0.25) is 11.7 Å². The van der Waals surface area contributed by atoms with Crippen LogP contribution >= 0.6 is 11.6 Å². The third-order valence-corrected chi connectivity index (χ3v) is 4.51. The zero-order valence-electron chi connectivity index (χ0n) is 13.7. The van der Waals surface area contributed by atoms with Gasteiger partial charge in [-0.15, -0.1) is 0 Å². The van der Waals surface area contributed by atoms with Gasteiger partial charge < -0.3 is 19.5 Å². The van der Waals surface area contributed by atoms with E-state index in [4.69, 9.17) is 25.8 Å². The number of anilines is 1. The number of fused-ring (bicyclic) bond motifs is 1. The van der Waals surface area contributed by atoms with Gasteiger partial charge in [-0.05, 0) is 11.6 Å². The van der Waals surface area contributed by atoms with E-state index in [1.807, 2.05) is 24.3 Å². The van der Waals surface area contributed by atoms with Crippen molar-refractivity contribution in [1.29, 1.82) is 0 Å². The van der Waals surface area contributed by atoms with E-state index in [1.54, 1.807) is 27.4 Å². The Morgan fingerprint density at radius 2 is 1.79 bits per heavy atom. The molecule has 0 bridgehead atoms. The first kappa shape index (κ1) is 16.5. The minimum Gasteiger partial charge on any atom is -0.493 e. The maximum Gasteiger partial charge on any atom is 0.225 e. The number of carbonyl (C=O) groups excluding carboxylic acids is 1. The lowest BCUT2D eigenvalue weighted by molar-refractivity contribution is -0.116. The summed E-state index contributed by atoms with van der Waals surface area (Å²) in [4.78, 5) is 12.2. The standard InChI is InChI=1S/C18H18ClNO4/c1-22-14-9-13-16(18(24-3)17(14)23-2)11(8-15(21)20-13)10-6-4-5-7-12(10)19/h4-7,9,11H,8H2,1-3H3,(H,20,21)/t11-/m0/s1. The molecule has 126 valence electrons. The van der Waals surface area contributed by atoms with Gasteiger partial charge >= 0.3 is 0 Å². The fourth-order valence-corrected chi connectivity index (χ4v) is 3.41. The number of hydrogen-bond donors (Lipinski definition) is 1. The van der Waals surface area contributed by atoms with Crippen molar-refractivity contribution in [3.63, 3.8) is 0 Å². The van der Waals surface area contributed by atoms with Gasteiger partial charge in [-0.25, -0.2) is 0 Å². The minimum atomic E-state index is -0.225. The maximum atomic E-state index is 12.2. The molecule has 5 nitrogen and oxygen atoms in total. The van der Waals surface area contributed by atoms with Gasteiger partial charge in [0.05, 0.1) is 27.0 Å². The van der Waals surface area contributed by atoms with Gasteiger partial charge in [-0.2, -0.15) is 0 Å². The zero-order valence-corrected chi connectivity index (χ0v) is 14.4. The summed E-state index contributed by atoms with van der Waals surface area (Å²) in [6.45, 7) is 0. The summed E-state index contributed by atoms with van der Waals surface area (Å²) in [5.41, 5.74) is 2.36. The monoisotopic (exact) mass is 347 g/mol. The summed E-state index contributed by atoms with van der Waals surface area (Å²) >= 11 is 6.37. The van der Waals surface area contributed by atoms with Crippen LogP contribution in [-0.4, -0.2) is 27.2 Å². The van der Waals surface area contributed by atoms with Crippen molar-refractivity contribution in [2.45, 2.75) is 12.3 Å². The Morgan fingerprint density at radius 3 is 2.42 bits per heavy atom. The lowest BCUT2D eigenvalue weighted by Gasteiger charge is -2.30. The number of amides is 1. The van der Waals surface area contributed by atoms with Crippen LogP contribution in [0.25, 0.3) is 0 Å². The Bertz CT molecular complexity index is 791. The number of ether oxygens (including phenoxy) is 3. The zero-order chi connectivity index (χ0) is 17.3. The summed E-state index contributed by atoms with van der Waals surface area (Å²) in [5.74, 6) is 1.22. The van der Waals surface area contributed by atoms with Crippen molar-refractivity contribution in [3.8, 4) is 17.2 Å². The number of hydrogen-bond acceptors (Lipinski definition) is 4. The number of benzene rings is 2. The second-order valence-corrected chi connectivity index (χ2v) is 5.84. The Kier molecular flexibility index (Phi) is 4.53.